The summed E-state index contributed by atoms with van der Waals surface area (Å²) >= 11 is 0. The fraction of sp³-hybridized carbons (Fsp3) is 0.471. The van der Waals surface area contributed by atoms with E-state index in [4.69, 9.17) is 11.5 Å². The number of Topliss-reactive ketones (excluding diaryl/α,β-unsaturated/α-hetero) is 1. The Labute approximate surface area is 141 Å². The van der Waals surface area contributed by atoms with E-state index < -0.39 is 29.3 Å². The van der Waals surface area contributed by atoms with Gasteiger partial charge in [0.25, 0.3) is 11.8 Å². The van der Waals surface area contributed by atoms with Gasteiger partial charge in [-0.1, -0.05) is 25.5 Å². The third-order valence-electron chi connectivity index (χ3n) is 4.32. The second kappa shape index (κ2) is 6.70. The van der Waals surface area contributed by atoms with E-state index >= 15 is 0 Å². The SMILES string of the molecule is CCCCN1C(=O)c2ccccc2N(C)C(=O)C1(N)C(=O)[C@H](C)N. The van der Waals surface area contributed by atoms with Crippen molar-refractivity contribution in [3.63, 3.8) is 0 Å². The number of likely N-dealkylation sites (N-methyl/N-ethyl adjacent to an activating group) is 1. The lowest BCUT2D eigenvalue weighted by molar-refractivity contribution is -0.142. The summed E-state index contributed by atoms with van der Waals surface area (Å²) in [6.07, 6.45) is 1.41. The largest absolute Gasteiger partial charge is 0.322 e. The molecule has 1 aliphatic rings. The number of nitrogens with zero attached hydrogens (tertiary/aromatic N) is 2. The minimum Gasteiger partial charge on any atom is -0.322 e. The number of nitrogens with two attached hydrogens (primary N) is 2. The fourth-order valence-electron chi connectivity index (χ4n) is 2.91. The highest BCUT2D eigenvalue weighted by Crippen LogP contribution is 2.31. The van der Waals surface area contributed by atoms with E-state index in [0.717, 1.165) is 6.42 Å². The quantitative estimate of drug-likeness (QED) is 0.762. The molecule has 2 atom stereocenters. The molecule has 1 heterocycles. The lowest BCUT2D eigenvalue weighted by atomic mass is 9.96. The van der Waals surface area contributed by atoms with E-state index in [2.05, 4.69) is 0 Å². The molecule has 0 fully saturated rings. The molecule has 2 amide bonds. The Bertz CT molecular complexity index is 674. The molecule has 0 radical (unpaired) electrons. The number of anilines is 1. The molecule has 1 unspecified atom stereocenters. The van der Waals surface area contributed by atoms with Gasteiger partial charge in [0, 0.05) is 13.6 Å². The molecule has 0 saturated heterocycles. The number of fused-ring (bicyclic) bond motifs is 1. The predicted molar refractivity (Wildman–Crippen MR) is 91.4 cm³/mol. The number of unbranched alkanes of at least 4 members (excludes halogenated alkanes) is 1. The van der Waals surface area contributed by atoms with Crippen LogP contribution in [0, 0.1) is 0 Å². The Morgan fingerprint density at radius 3 is 2.50 bits per heavy atom. The first-order valence-electron chi connectivity index (χ1n) is 8.04. The van der Waals surface area contributed by atoms with Crippen molar-refractivity contribution in [2.45, 2.75) is 38.4 Å². The van der Waals surface area contributed by atoms with Gasteiger partial charge in [-0.2, -0.15) is 0 Å². The molecule has 1 aliphatic heterocycles. The Morgan fingerprint density at radius 1 is 1.29 bits per heavy atom. The van der Waals surface area contributed by atoms with Crippen molar-refractivity contribution in [2.75, 3.05) is 18.5 Å². The van der Waals surface area contributed by atoms with Crippen molar-refractivity contribution in [1.82, 2.24) is 4.90 Å². The molecule has 1 aromatic rings. The number of hydrogen-bond donors (Lipinski definition) is 2. The summed E-state index contributed by atoms with van der Waals surface area (Å²) < 4.78 is 0. The number of carbonyl (C=O) groups excluding carboxylic acids is 3. The molecule has 4 N–H and O–H groups in total. The maximum Gasteiger partial charge on any atom is 0.275 e. The van der Waals surface area contributed by atoms with Crippen LogP contribution in [0.5, 0.6) is 0 Å². The van der Waals surface area contributed by atoms with Crippen molar-refractivity contribution in [1.29, 1.82) is 0 Å². The smallest absolute Gasteiger partial charge is 0.275 e. The van der Waals surface area contributed by atoms with Crippen LogP contribution in [0.3, 0.4) is 0 Å². The minimum atomic E-state index is -2.10. The maximum absolute atomic E-state index is 13.1. The maximum atomic E-state index is 13.1. The number of rotatable bonds is 5. The highest BCUT2D eigenvalue weighted by atomic mass is 16.2. The zero-order chi connectivity index (χ0) is 18.1. The first-order valence-corrected chi connectivity index (χ1v) is 8.04. The van der Waals surface area contributed by atoms with Crippen LogP contribution < -0.4 is 16.4 Å². The zero-order valence-corrected chi connectivity index (χ0v) is 14.3. The van der Waals surface area contributed by atoms with Crippen LogP contribution in [-0.2, 0) is 9.59 Å². The number of carbonyl (C=O) groups is 3. The van der Waals surface area contributed by atoms with Gasteiger partial charge >= 0.3 is 0 Å². The molecule has 7 heteroatoms. The molecule has 0 bridgehead atoms. The average molecular weight is 332 g/mol. The van der Waals surface area contributed by atoms with Crippen LogP contribution >= 0.6 is 0 Å². The van der Waals surface area contributed by atoms with Gasteiger partial charge in [0.1, 0.15) is 0 Å². The Morgan fingerprint density at radius 2 is 1.92 bits per heavy atom. The molecule has 130 valence electrons. The van der Waals surface area contributed by atoms with E-state index in [0.29, 0.717) is 17.7 Å². The Kier molecular flexibility index (Phi) is 5.05. The summed E-state index contributed by atoms with van der Waals surface area (Å²) in [4.78, 5) is 41.2. The van der Waals surface area contributed by atoms with Gasteiger partial charge in [-0.25, -0.2) is 0 Å². The summed E-state index contributed by atoms with van der Waals surface area (Å²) in [6.45, 7) is 3.62. The normalized spacial score (nSPS) is 22.2. The first kappa shape index (κ1) is 18.1. The van der Waals surface area contributed by atoms with E-state index in [1.165, 1.54) is 23.8 Å². The van der Waals surface area contributed by atoms with Crippen LogP contribution in [0.4, 0.5) is 5.69 Å². The molecular formula is C17H24N4O3. The van der Waals surface area contributed by atoms with E-state index in [-0.39, 0.29) is 6.54 Å². The topological polar surface area (TPSA) is 110 Å². The third-order valence-corrected chi connectivity index (χ3v) is 4.32. The molecule has 24 heavy (non-hydrogen) atoms. The molecule has 2 rings (SSSR count). The van der Waals surface area contributed by atoms with Crippen LogP contribution in [0.15, 0.2) is 24.3 Å². The summed E-state index contributed by atoms with van der Waals surface area (Å²) in [5.41, 5.74) is 10.7. The van der Waals surface area contributed by atoms with Gasteiger partial charge in [-0.3, -0.25) is 20.1 Å². The standard InChI is InChI=1S/C17H24N4O3/c1-4-5-10-21-15(23)12-8-6-7-9-13(12)20(3)16(24)17(21,19)14(22)11(2)18/h6-9,11H,4-5,10,18-19H2,1-3H3/t11-,17?/m0/s1. The van der Waals surface area contributed by atoms with Crippen molar-refractivity contribution < 1.29 is 14.4 Å². The summed E-state index contributed by atoms with van der Waals surface area (Å²) in [7, 11) is 1.51. The second-order valence-corrected chi connectivity index (χ2v) is 6.11. The summed E-state index contributed by atoms with van der Waals surface area (Å²) in [6, 6.07) is 5.76. The van der Waals surface area contributed by atoms with Gasteiger partial charge in [0.15, 0.2) is 5.78 Å². The van der Waals surface area contributed by atoms with E-state index in [9.17, 15) is 14.4 Å². The van der Waals surface area contributed by atoms with Gasteiger partial charge in [-0.05, 0) is 25.5 Å². The van der Waals surface area contributed by atoms with Gasteiger partial charge in [0.2, 0.25) is 5.66 Å². The van der Waals surface area contributed by atoms with Gasteiger partial charge in [-0.15, -0.1) is 0 Å². The molecule has 7 nitrogen and oxygen atoms in total. The predicted octanol–water partition coefficient (Wildman–Crippen LogP) is 0.477. The first-order chi connectivity index (χ1) is 11.3. The number of ketones is 1. The highest BCUT2D eigenvalue weighted by molar-refractivity contribution is 6.22. The van der Waals surface area contributed by atoms with Crippen LogP contribution in [0.2, 0.25) is 0 Å². The van der Waals surface area contributed by atoms with Gasteiger partial charge < -0.3 is 15.5 Å². The van der Waals surface area contributed by atoms with Crippen LogP contribution in [-0.4, -0.2) is 47.8 Å². The van der Waals surface area contributed by atoms with Crippen molar-refractivity contribution in [2.24, 2.45) is 11.5 Å². The van der Waals surface area contributed by atoms with Crippen LogP contribution in [0.25, 0.3) is 0 Å². The Balaban J connectivity index is 2.67. The van der Waals surface area contributed by atoms with Crippen molar-refractivity contribution >= 4 is 23.3 Å². The lowest BCUT2D eigenvalue weighted by Gasteiger charge is -2.38. The molecule has 1 aromatic carbocycles. The molecular weight excluding hydrogens is 308 g/mol. The average Bonchev–Trinajstić information content (AvgIpc) is 2.63. The third kappa shape index (κ3) is 2.70. The minimum absolute atomic E-state index is 0.207. The molecule has 0 spiro atoms. The molecule has 0 saturated carbocycles. The number of para-hydroxylation sites is 1. The molecule has 0 aromatic heterocycles. The molecule has 0 aliphatic carbocycles. The number of benzene rings is 1. The van der Waals surface area contributed by atoms with Crippen molar-refractivity contribution in [3.05, 3.63) is 29.8 Å². The van der Waals surface area contributed by atoms with Crippen LogP contribution in [0.1, 0.15) is 37.0 Å². The highest BCUT2D eigenvalue weighted by Gasteiger charge is 2.54. The number of amides is 2. The Hall–Kier alpha value is -2.25. The lowest BCUT2D eigenvalue weighted by Crippen LogP contribution is -2.72. The van der Waals surface area contributed by atoms with Gasteiger partial charge in [0.05, 0.1) is 17.3 Å². The fourth-order valence-corrected chi connectivity index (χ4v) is 2.91. The van der Waals surface area contributed by atoms with E-state index in [1.54, 1.807) is 24.3 Å². The second-order valence-electron chi connectivity index (χ2n) is 6.11. The summed E-state index contributed by atoms with van der Waals surface area (Å²) in [5, 5.41) is 0. The zero-order valence-electron chi connectivity index (χ0n) is 14.3. The summed E-state index contributed by atoms with van der Waals surface area (Å²) in [5.74, 6) is -1.76. The van der Waals surface area contributed by atoms with E-state index in [1.807, 2.05) is 6.92 Å². The van der Waals surface area contributed by atoms with Crippen molar-refractivity contribution in [3.8, 4) is 0 Å². The monoisotopic (exact) mass is 332 g/mol. The number of hydrogen-bond acceptors (Lipinski definition) is 5.